The third-order valence-electron chi connectivity index (χ3n) is 10.0. The van der Waals surface area contributed by atoms with E-state index in [1.54, 1.807) is 6.07 Å². The van der Waals surface area contributed by atoms with Crippen LogP contribution < -0.4 is 5.56 Å². The molecule has 4 nitrogen and oxygen atoms in total. The first-order valence-electron chi connectivity index (χ1n) is 17.2. The van der Waals surface area contributed by atoms with Crippen LogP contribution in [0.15, 0.2) is 193 Å². The average molecular weight is 654 g/mol. The van der Waals surface area contributed by atoms with Gasteiger partial charge in [0.05, 0.1) is 22.2 Å². The minimum Gasteiger partial charge on any atom is -0.309 e. The Balaban J connectivity index is 1.30. The van der Waals surface area contributed by atoms with E-state index in [0.717, 1.165) is 61.3 Å². The van der Waals surface area contributed by atoms with Crippen LogP contribution >= 0.6 is 0 Å². The summed E-state index contributed by atoms with van der Waals surface area (Å²) >= 11 is 0. The van der Waals surface area contributed by atoms with E-state index in [4.69, 9.17) is 0 Å². The van der Waals surface area contributed by atoms with Crippen LogP contribution in [0.25, 0.3) is 83.1 Å². The number of hydrogen-bond acceptors (Lipinski definition) is 1. The van der Waals surface area contributed by atoms with Crippen molar-refractivity contribution < 1.29 is 0 Å². The minimum absolute atomic E-state index is 0.0759. The normalized spacial score (nSPS) is 11.6. The fourth-order valence-electron chi connectivity index (χ4n) is 7.82. The molecule has 0 amide bonds. The van der Waals surface area contributed by atoms with E-state index in [-0.39, 0.29) is 5.56 Å². The molecule has 0 aliphatic carbocycles. The molecule has 3 heterocycles. The molecule has 10 aromatic rings. The van der Waals surface area contributed by atoms with Crippen LogP contribution in [0.2, 0.25) is 0 Å². The highest BCUT2D eigenvalue weighted by atomic mass is 16.1. The van der Waals surface area contributed by atoms with Gasteiger partial charge in [0.2, 0.25) is 0 Å². The standard InChI is InChI=1S/C47H31N3O/c51-45-31-39(32-15-5-1-6-16-32)46-41-30-34(26-28-44(41)49(36-19-9-3-10-20-36)47(46)50(45)37-21-11-4-12-22-37)33-25-27-43-40(29-33)38-23-13-14-24-42(38)48(43)35-17-7-2-8-18-35/h1-31H. The molecule has 0 spiro atoms. The maximum Gasteiger partial charge on any atom is 0.257 e. The molecular formula is C47H31N3O. The van der Waals surface area contributed by atoms with Gasteiger partial charge in [-0.15, -0.1) is 0 Å². The summed E-state index contributed by atoms with van der Waals surface area (Å²) in [6.07, 6.45) is 0. The van der Waals surface area contributed by atoms with Gasteiger partial charge in [-0.05, 0) is 89.0 Å². The molecule has 240 valence electrons. The smallest absolute Gasteiger partial charge is 0.257 e. The summed E-state index contributed by atoms with van der Waals surface area (Å²) in [5.41, 5.74) is 11.3. The zero-order valence-corrected chi connectivity index (χ0v) is 27.6. The first-order chi connectivity index (χ1) is 25.2. The van der Waals surface area contributed by atoms with E-state index in [0.29, 0.717) is 0 Å². The van der Waals surface area contributed by atoms with E-state index in [1.807, 2.05) is 59.2 Å². The topological polar surface area (TPSA) is 31.9 Å². The van der Waals surface area contributed by atoms with Crippen LogP contribution in [0.3, 0.4) is 0 Å². The second kappa shape index (κ2) is 11.6. The van der Waals surface area contributed by atoms with Crippen molar-refractivity contribution in [2.24, 2.45) is 0 Å². The maximum absolute atomic E-state index is 14.3. The molecule has 0 radical (unpaired) electrons. The van der Waals surface area contributed by atoms with Gasteiger partial charge in [0.1, 0.15) is 5.65 Å². The van der Waals surface area contributed by atoms with E-state index in [2.05, 4.69) is 137 Å². The Hall–Kier alpha value is -6.91. The highest BCUT2D eigenvalue weighted by Crippen LogP contribution is 2.41. The molecule has 7 aromatic carbocycles. The third kappa shape index (κ3) is 4.58. The molecule has 0 aliphatic heterocycles. The lowest BCUT2D eigenvalue weighted by Gasteiger charge is -2.15. The molecule has 0 aliphatic rings. The van der Waals surface area contributed by atoms with Crippen LogP contribution in [0.5, 0.6) is 0 Å². The van der Waals surface area contributed by atoms with Crippen molar-refractivity contribution in [1.82, 2.24) is 13.7 Å². The fraction of sp³-hybridized carbons (Fsp3) is 0. The van der Waals surface area contributed by atoms with Crippen molar-refractivity contribution in [1.29, 1.82) is 0 Å². The van der Waals surface area contributed by atoms with Gasteiger partial charge in [0.15, 0.2) is 0 Å². The first kappa shape index (κ1) is 29.0. The van der Waals surface area contributed by atoms with Gasteiger partial charge in [-0.3, -0.25) is 13.9 Å². The van der Waals surface area contributed by atoms with Crippen LogP contribution in [0.1, 0.15) is 0 Å². The Kier molecular flexibility index (Phi) is 6.61. The van der Waals surface area contributed by atoms with Crippen molar-refractivity contribution >= 4 is 43.7 Å². The number of benzene rings is 7. The molecule has 3 aromatic heterocycles. The largest absolute Gasteiger partial charge is 0.309 e. The highest BCUT2D eigenvalue weighted by molar-refractivity contribution is 6.16. The lowest BCUT2D eigenvalue weighted by atomic mass is 9.98. The molecule has 0 unspecified atom stereocenters. The van der Waals surface area contributed by atoms with E-state index < -0.39 is 0 Å². The Bertz CT molecular complexity index is 2960. The second-order valence-corrected chi connectivity index (χ2v) is 13.0. The number of para-hydroxylation sites is 4. The van der Waals surface area contributed by atoms with Gasteiger partial charge in [-0.25, -0.2) is 0 Å². The summed E-state index contributed by atoms with van der Waals surface area (Å²) in [7, 11) is 0. The fourth-order valence-corrected chi connectivity index (χ4v) is 7.82. The number of pyridine rings is 1. The molecule has 10 rings (SSSR count). The predicted octanol–water partition coefficient (Wildman–Crippen LogP) is 11.4. The lowest BCUT2D eigenvalue weighted by molar-refractivity contribution is 0.986. The van der Waals surface area contributed by atoms with Crippen LogP contribution in [-0.4, -0.2) is 13.7 Å². The maximum atomic E-state index is 14.3. The zero-order chi connectivity index (χ0) is 33.9. The molecular weight excluding hydrogens is 623 g/mol. The number of fused-ring (bicyclic) bond motifs is 6. The first-order valence-corrected chi connectivity index (χ1v) is 17.2. The molecule has 0 fully saturated rings. The molecule has 0 bridgehead atoms. The molecule has 51 heavy (non-hydrogen) atoms. The van der Waals surface area contributed by atoms with Gasteiger partial charge in [-0.1, -0.05) is 115 Å². The van der Waals surface area contributed by atoms with Crippen molar-refractivity contribution in [3.05, 3.63) is 198 Å². The summed E-state index contributed by atoms with van der Waals surface area (Å²) < 4.78 is 6.45. The summed E-state index contributed by atoms with van der Waals surface area (Å²) in [5.74, 6) is 0. The molecule has 0 atom stereocenters. The van der Waals surface area contributed by atoms with E-state index in [1.165, 1.54) is 21.8 Å². The number of rotatable bonds is 5. The van der Waals surface area contributed by atoms with Gasteiger partial charge in [-0.2, -0.15) is 0 Å². The number of aromatic nitrogens is 3. The van der Waals surface area contributed by atoms with E-state index >= 15 is 0 Å². The monoisotopic (exact) mass is 653 g/mol. The highest BCUT2D eigenvalue weighted by Gasteiger charge is 2.23. The van der Waals surface area contributed by atoms with Crippen molar-refractivity contribution in [3.63, 3.8) is 0 Å². The van der Waals surface area contributed by atoms with Gasteiger partial charge in [0, 0.05) is 39.0 Å². The van der Waals surface area contributed by atoms with Crippen molar-refractivity contribution in [2.45, 2.75) is 0 Å². The Morgan fingerprint density at radius 3 is 1.43 bits per heavy atom. The predicted molar refractivity (Wildman–Crippen MR) is 212 cm³/mol. The molecule has 0 saturated carbocycles. The molecule has 0 saturated heterocycles. The van der Waals surface area contributed by atoms with Crippen LogP contribution in [0.4, 0.5) is 0 Å². The zero-order valence-electron chi connectivity index (χ0n) is 27.6. The average Bonchev–Trinajstić information content (AvgIpc) is 3.71. The van der Waals surface area contributed by atoms with Crippen molar-refractivity contribution in [2.75, 3.05) is 0 Å². The number of nitrogens with zero attached hydrogens (tertiary/aromatic N) is 3. The Morgan fingerprint density at radius 1 is 0.333 bits per heavy atom. The summed E-state index contributed by atoms with van der Waals surface area (Å²) in [6.45, 7) is 0. The third-order valence-corrected chi connectivity index (χ3v) is 10.0. The minimum atomic E-state index is -0.0759. The summed E-state index contributed by atoms with van der Waals surface area (Å²) in [5, 5.41) is 4.55. The number of hydrogen-bond donors (Lipinski definition) is 0. The van der Waals surface area contributed by atoms with Crippen molar-refractivity contribution in [3.8, 4) is 39.3 Å². The van der Waals surface area contributed by atoms with Gasteiger partial charge in [0.25, 0.3) is 5.56 Å². The summed E-state index contributed by atoms with van der Waals surface area (Å²) in [6, 6.07) is 65.1. The molecule has 0 N–H and O–H groups in total. The quantitative estimate of drug-likeness (QED) is 0.182. The second-order valence-electron chi connectivity index (χ2n) is 13.0. The Morgan fingerprint density at radius 2 is 0.804 bits per heavy atom. The van der Waals surface area contributed by atoms with Gasteiger partial charge >= 0.3 is 0 Å². The lowest BCUT2D eigenvalue weighted by Crippen LogP contribution is -2.20. The van der Waals surface area contributed by atoms with Crippen LogP contribution in [0, 0.1) is 0 Å². The van der Waals surface area contributed by atoms with E-state index in [9.17, 15) is 4.79 Å². The van der Waals surface area contributed by atoms with Crippen LogP contribution in [-0.2, 0) is 0 Å². The summed E-state index contributed by atoms with van der Waals surface area (Å²) in [4.78, 5) is 14.3. The SMILES string of the molecule is O=c1cc(-c2ccccc2)c2c3cc(-c4ccc5c(c4)c4ccccc4n5-c4ccccc4)ccc3n(-c3ccccc3)c2n1-c1ccccc1. The Labute approximate surface area is 294 Å². The molecule has 4 heteroatoms. The van der Waals surface area contributed by atoms with Gasteiger partial charge < -0.3 is 4.57 Å².